The first-order valence-electron chi connectivity index (χ1n) is 9.54. The van der Waals surface area contributed by atoms with Gasteiger partial charge in [0.05, 0.1) is 12.7 Å². The van der Waals surface area contributed by atoms with Gasteiger partial charge in [-0.25, -0.2) is 9.18 Å². The molecule has 4 rings (SSSR count). The molecule has 1 unspecified atom stereocenters. The summed E-state index contributed by atoms with van der Waals surface area (Å²) < 4.78 is 24.0. The van der Waals surface area contributed by atoms with Gasteiger partial charge in [-0.15, -0.1) is 0 Å². The van der Waals surface area contributed by atoms with Gasteiger partial charge in [0.2, 0.25) is 0 Å². The van der Waals surface area contributed by atoms with Gasteiger partial charge in [0.15, 0.2) is 0 Å². The first-order chi connectivity index (χ1) is 14.5. The number of rotatable bonds is 5. The van der Waals surface area contributed by atoms with Crippen molar-refractivity contribution in [3.05, 3.63) is 100 Å². The van der Waals surface area contributed by atoms with Crippen molar-refractivity contribution in [1.29, 1.82) is 0 Å². The van der Waals surface area contributed by atoms with Crippen molar-refractivity contribution in [3.63, 3.8) is 0 Å². The molecular weight excluding hydrogens is 385 g/mol. The van der Waals surface area contributed by atoms with Gasteiger partial charge < -0.3 is 14.8 Å². The second kappa shape index (κ2) is 8.37. The van der Waals surface area contributed by atoms with Crippen molar-refractivity contribution in [2.24, 2.45) is 0 Å². The third-order valence-corrected chi connectivity index (χ3v) is 5.12. The van der Waals surface area contributed by atoms with Gasteiger partial charge in [-0.05, 0) is 47.5 Å². The molecule has 1 atom stereocenters. The van der Waals surface area contributed by atoms with E-state index in [1.165, 1.54) is 12.1 Å². The van der Waals surface area contributed by atoms with Crippen molar-refractivity contribution in [3.8, 4) is 5.75 Å². The number of hydrogen-bond donors (Lipinski definition) is 1. The van der Waals surface area contributed by atoms with E-state index in [1.807, 2.05) is 24.3 Å². The van der Waals surface area contributed by atoms with Crippen LogP contribution in [0.15, 0.2) is 66.7 Å². The number of halogens is 1. The maximum atomic E-state index is 13.2. The second-order valence-electron chi connectivity index (χ2n) is 7.02. The quantitative estimate of drug-likeness (QED) is 0.646. The highest BCUT2D eigenvalue weighted by molar-refractivity contribution is 5.97. The minimum atomic E-state index is -0.516. The molecule has 1 heterocycles. The maximum absolute atomic E-state index is 13.2. The third kappa shape index (κ3) is 4.03. The number of ether oxygens (including phenoxy) is 2. The van der Waals surface area contributed by atoms with Crippen LogP contribution < -0.4 is 10.1 Å². The molecule has 3 aromatic rings. The van der Waals surface area contributed by atoms with Crippen LogP contribution in [0, 0.1) is 5.82 Å². The molecule has 0 radical (unpaired) electrons. The molecule has 0 spiro atoms. The number of benzene rings is 3. The number of carbonyl (C=O) groups excluding carboxylic acids is 2. The number of amides is 1. The van der Waals surface area contributed by atoms with E-state index >= 15 is 0 Å². The fourth-order valence-electron chi connectivity index (χ4n) is 3.53. The number of nitrogens with one attached hydrogen (secondary N) is 1. The van der Waals surface area contributed by atoms with Gasteiger partial charge >= 0.3 is 5.97 Å². The van der Waals surface area contributed by atoms with E-state index in [0.717, 1.165) is 11.1 Å². The second-order valence-corrected chi connectivity index (χ2v) is 7.02. The first kappa shape index (κ1) is 19.6. The van der Waals surface area contributed by atoms with Crippen LogP contribution in [-0.2, 0) is 17.7 Å². The van der Waals surface area contributed by atoms with Crippen LogP contribution in [0.3, 0.4) is 0 Å². The molecule has 0 bridgehead atoms. The van der Waals surface area contributed by atoms with E-state index in [9.17, 15) is 14.0 Å². The maximum Gasteiger partial charge on any atom is 0.339 e. The van der Waals surface area contributed by atoms with Gasteiger partial charge in [0, 0.05) is 24.1 Å². The molecule has 0 fully saturated rings. The van der Waals surface area contributed by atoms with Gasteiger partial charge in [-0.2, -0.15) is 0 Å². The topological polar surface area (TPSA) is 64.6 Å². The molecule has 30 heavy (non-hydrogen) atoms. The summed E-state index contributed by atoms with van der Waals surface area (Å²) in [5.41, 5.74) is 3.20. The number of carbonyl (C=O) groups is 2. The Balaban J connectivity index is 1.51. The number of para-hydroxylation sites is 1. The van der Waals surface area contributed by atoms with Crippen LogP contribution in [0.4, 0.5) is 4.39 Å². The third-order valence-electron chi connectivity index (χ3n) is 5.12. The van der Waals surface area contributed by atoms with Gasteiger partial charge in [-0.1, -0.05) is 30.3 Å². The Bertz CT molecular complexity index is 1090. The Morgan fingerprint density at radius 1 is 1.13 bits per heavy atom. The molecule has 0 saturated heterocycles. The molecule has 0 aliphatic carbocycles. The normalized spacial score (nSPS) is 15.1. The minimum Gasteiger partial charge on any atom is -0.496 e. The summed E-state index contributed by atoms with van der Waals surface area (Å²) in [6.07, 6.45) is -0.0992. The summed E-state index contributed by atoms with van der Waals surface area (Å²) in [6.45, 7) is 0.320. The van der Waals surface area contributed by atoms with E-state index in [0.29, 0.717) is 35.4 Å². The molecule has 3 aromatic carbocycles. The Morgan fingerprint density at radius 2 is 1.90 bits per heavy atom. The zero-order valence-electron chi connectivity index (χ0n) is 16.4. The smallest absolute Gasteiger partial charge is 0.339 e. The van der Waals surface area contributed by atoms with Crippen LogP contribution in [-0.4, -0.2) is 19.0 Å². The lowest BCUT2D eigenvalue weighted by Gasteiger charge is -2.25. The number of methoxy groups -OCH3 is 1. The van der Waals surface area contributed by atoms with Gasteiger partial charge in [0.1, 0.15) is 17.7 Å². The standard InChI is InChI=1S/C24H20FNO4/c1-29-21-5-3-2-4-17(21)14-26-23(27)16-8-11-20-18(12-16)13-22(30-24(20)28)15-6-9-19(25)10-7-15/h2-12,22H,13-14H2,1H3,(H,26,27). The van der Waals surface area contributed by atoms with Crippen molar-refractivity contribution < 1.29 is 23.5 Å². The van der Waals surface area contributed by atoms with Gasteiger partial charge in [-0.3, -0.25) is 4.79 Å². The molecule has 0 saturated carbocycles. The zero-order valence-corrected chi connectivity index (χ0v) is 16.4. The van der Waals surface area contributed by atoms with Gasteiger partial charge in [0.25, 0.3) is 5.91 Å². The number of cyclic esters (lactones) is 1. The first-order valence-corrected chi connectivity index (χ1v) is 9.54. The fraction of sp³-hybridized carbons (Fsp3) is 0.167. The number of hydrogen-bond acceptors (Lipinski definition) is 4. The molecule has 1 aliphatic heterocycles. The highest BCUT2D eigenvalue weighted by atomic mass is 19.1. The number of fused-ring (bicyclic) bond motifs is 1. The SMILES string of the molecule is COc1ccccc1CNC(=O)c1ccc2c(c1)CC(c1ccc(F)cc1)OC2=O. The summed E-state index contributed by atoms with van der Waals surface area (Å²) in [7, 11) is 1.58. The van der Waals surface area contributed by atoms with Crippen LogP contribution >= 0.6 is 0 Å². The molecule has 1 amide bonds. The Kier molecular flexibility index (Phi) is 5.48. The zero-order chi connectivity index (χ0) is 21.1. The summed E-state index contributed by atoms with van der Waals surface area (Å²) in [6, 6.07) is 18.3. The Morgan fingerprint density at radius 3 is 2.67 bits per heavy atom. The molecule has 6 heteroatoms. The summed E-state index contributed by atoms with van der Waals surface area (Å²) in [5, 5.41) is 2.88. The highest BCUT2D eigenvalue weighted by Gasteiger charge is 2.28. The van der Waals surface area contributed by atoms with Crippen molar-refractivity contribution >= 4 is 11.9 Å². The number of esters is 1. The fourth-order valence-corrected chi connectivity index (χ4v) is 3.53. The van der Waals surface area contributed by atoms with E-state index in [-0.39, 0.29) is 11.7 Å². The Hall–Kier alpha value is -3.67. The van der Waals surface area contributed by atoms with Crippen LogP contribution in [0.1, 0.15) is 43.5 Å². The van der Waals surface area contributed by atoms with Crippen LogP contribution in [0.5, 0.6) is 5.75 Å². The summed E-state index contributed by atoms with van der Waals surface area (Å²) in [5.74, 6) is -0.351. The predicted molar refractivity (Wildman–Crippen MR) is 109 cm³/mol. The van der Waals surface area contributed by atoms with Crippen molar-refractivity contribution in [2.75, 3.05) is 7.11 Å². The minimum absolute atomic E-state index is 0.249. The predicted octanol–water partition coefficient (Wildman–Crippen LogP) is 4.22. The summed E-state index contributed by atoms with van der Waals surface area (Å²) in [4.78, 5) is 25.1. The van der Waals surface area contributed by atoms with E-state index in [2.05, 4.69) is 5.32 Å². The lowest BCUT2D eigenvalue weighted by Crippen LogP contribution is -2.25. The lowest BCUT2D eigenvalue weighted by atomic mass is 9.93. The average Bonchev–Trinajstić information content (AvgIpc) is 2.77. The summed E-state index contributed by atoms with van der Waals surface area (Å²) >= 11 is 0. The largest absolute Gasteiger partial charge is 0.496 e. The molecule has 0 aromatic heterocycles. The highest BCUT2D eigenvalue weighted by Crippen LogP contribution is 2.31. The lowest BCUT2D eigenvalue weighted by molar-refractivity contribution is 0.0252. The molecule has 5 nitrogen and oxygen atoms in total. The van der Waals surface area contributed by atoms with E-state index in [1.54, 1.807) is 37.4 Å². The van der Waals surface area contributed by atoms with Crippen molar-refractivity contribution in [1.82, 2.24) is 5.32 Å². The molecule has 152 valence electrons. The van der Waals surface area contributed by atoms with E-state index in [4.69, 9.17) is 9.47 Å². The van der Waals surface area contributed by atoms with Crippen molar-refractivity contribution in [2.45, 2.75) is 19.1 Å². The molecule has 1 aliphatic rings. The monoisotopic (exact) mass is 405 g/mol. The van der Waals surface area contributed by atoms with Crippen LogP contribution in [0.2, 0.25) is 0 Å². The van der Waals surface area contributed by atoms with E-state index < -0.39 is 12.1 Å². The average molecular weight is 405 g/mol. The Labute approximate surface area is 173 Å². The van der Waals surface area contributed by atoms with Crippen LogP contribution in [0.25, 0.3) is 0 Å². The molecule has 1 N–H and O–H groups in total. The molecular formula is C24H20FNO4.